The summed E-state index contributed by atoms with van der Waals surface area (Å²) in [4.78, 5) is 10.0. The maximum Gasteiger partial charge on any atom is 0.495 e. The zero-order valence-electron chi connectivity index (χ0n) is 6.07. The van der Waals surface area contributed by atoms with Crippen molar-refractivity contribution in [2.75, 3.05) is 14.2 Å². The predicted octanol–water partition coefficient (Wildman–Crippen LogP) is -0.0128. The highest BCUT2D eigenvalue weighted by molar-refractivity contribution is 7.48. The third-order valence-corrected chi connectivity index (χ3v) is 1.91. The Kier molecular flexibility index (Phi) is 4.06. The molecule has 2 amide bonds. The summed E-state index contributed by atoms with van der Waals surface area (Å²) in [5, 5.41) is 0. The van der Waals surface area contributed by atoms with Crippen LogP contribution < -0.4 is 11.2 Å². The van der Waals surface area contributed by atoms with Crippen molar-refractivity contribution >= 4 is 13.9 Å². The fraction of sp³-hybridized carbons (Fsp3) is 0.667. The van der Waals surface area contributed by atoms with Gasteiger partial charge >= 0.3 is 13.9 Å². The van der Waals surface area contributed by atoms with Gasteiger partial charge in [0.25, 0.3) is 0 Å². The molecule has 3 N–H and O–H groups in total. The number of hydrogen-bond donors (Lipinski definition) is 2. The van der Waals surface area contributed by atoms with Crippen molar-refractivity contribution in [3.8, 4) is 0 Å². The van der Waals surface area contributed by atoms with Gasteiger partial charge in [0.05, 0.1) is 0 Å². The number of hydrogen-bond acceptors (Lipinski definition) is 5. The number of urea groups is 1. The highest BCUT2D eigenvalue weighted by Gasteiger charge is 2.23. The van der Waals surface area contributed by atoms with Gasteiger partial charge < -0.3 is 5.73 Å². The first-order valence-electron chi connectivity index (χ1n) is 2.49. The minimum Gasteiger partial charge on any atom is -0.350 e. The topological polar surface area (TPSA) is 99.9 Å². The molecule has 8 heteroatoms. The molecule has 0 atom stereocenters. The summed E-state index contributed by atoms with van der Waals surface area (Å²) in [5.74, 6) is 0. The smallest absolute Gasteiger partial charge is 0.350 e. The number of amides is 2. The van der Waals surface area contributed by atoms with Crippen molar-refractivity contribution in [1.29, 1.82) is 0 Å². The lowest BCUT2D eigenvalue weighted by atomic mass is 11.2. The van der Waals surface area contributed by atoms with E-state index >= 15 is 0 Å². The highest BCUT2D eigenvalue weighted by Crippen LogP contribution is 2.46. The average Bonchev–Trinajstić information content (AvgIpc) is 2.00. The number of rotatable bonds is 4. The number of nitrogens with one attached hydrogen (secondary N) is 1. The van der Waals surface area contributed by atoms with Gasteiger partial charge in [-0.1, -0.05) is 0 Å². The van der Waals surface area contributed by atoms with E-state index in [9.17, 15) is 9.36 Å². The van der Waals surface area contributed by atoms with Crippen LogP contribution in [0.3, 0.4) is 0 Å². The molecule has 0 radical (unpaired) electrons. The molecule has 0 fully saturated rings. The molecule has 0 aliphatic carbocycles. The third-order valence-electron chi connectivity index (χ3n) is 0.705. The van der Waals surface area contributed by atoms with Gasteiger partial charge in [0, 0.05) is 14.2 Å². The Morgan fingerprint density at radius 1 is 1.45 bits per heavy atom. The number of carbonyl (C=O) groups is 1. The van der Waals surface area contributed by atoms with Crippen molar-refractivity contribution in [1.82, 2.24) is 5.48 Å². The fourth-order valence-electron chi connectivity index (χ4n) is 0.250. The minimum absolute atomic E-state index is 0.987. The van der Waals surface area contributed by atoms with Crippen LogP contribution in [0.5, 0.6) is 0 Å². The molecule has 0 aliphatic rings. The van der Waals surface area contributed by atoms with Gasteiger partial charge in [-0.2, -0.15) is 4.62 Å². The Labute approximate surface area is 63.4 Å². The van der Waals surface area contributed by atoms with Crippen LogP contribution >= 0.6 is 7.82 Å². The normalized spacial score (nSPS) is 11.1. The molecule has 0 bridgehead atoms. The minimum atomic E-state index is -3.65. The number of phosphoric ester groups is 1. The standard InChI is InChI=1S/C3H9N2O5P/c1-8-11(7,9-2)10-5-3(4)6/h1-2H3,(H3,4,5,6). The van der Waals surface area contributed by atoms with E-state index in [1.807, 2.05) is 0 Å². The van der Waals surface area contributed by atoms with Crippen LogP contribution in [0.1, 0.15) is 0 Å². The van der Waals surface area contributed by atoms with Crippen LogP contribution in [-0.4, -0.2) is 20.3 Å². The van der Waals surface area contributed by atoms with Crippen LogP contribution in [0.4, 0.5) is 4.79 Å². The number of nitrogens with two attached hydrogens (primary N) is 1. The lowest BCUT2D eigenvalue weighted by Crippen LogP contribution is -2.28. The van der Waals surface area contributed by atoms with E-state index in [0.717, 1.165) is 14.2 Å². The monoisotopic (exact) mass is 184 g/mol. The van der Waals surface area contributed by atoms with Crippen LogP contribution in [0.2, 0.25) is 0 Å². The maximum absolute atomic E-state index is 10.9. The van der Waals surface area contributed by atoms with Crippen LogP contribution in [0.15, 0.2) is 0 Å². The second-order valence-electron chi connectivity index (χ2n) is 1.37. The molecule has 0 saturated heterocycles. The second kappa shape index (κ2) is 4.30. The first-order chi connectivity index (χ1) is 5.04. The molecule has 7 nitrogen and oxygen atoms in total. The molecular weight excluding hydrogens is 175 g/mol. The van der Waals surface area contributed by atoms with E-state index in [0.29, 0.717) is 0 Å². The first kappa shape index (κ1) is 10.4. The first-order valence-corrected chi connectivity index (χ1v) is 3.95. The third kappa shape index (κ3) is 3.94. The molecule has 0 aliphatic heterocycles. The number of phosphoric acid groups is 1. The highest BCUT2D eigenvalue weighted by atomic mass is 31.2. The van der Waals surface area contributed by atoms with Crippen molar-refractivity contribution in [3.05, 3.63) is 0 Å². The lowest BCUT2D eigenvalue weighted by molar-refractivity contribution is 0.109. The van der Waals surface area contributed by atoms with E-state index in [4.69, 9.17) is 0 Å². The molecule has 0 aromatic carbocycles. The largest absolute Gasteiger partial charge is 0.495 e. The molecule has 66 valence electrons. The average molecular weight is 184 g/mol. The molecule has 0 aromatic heterocycles. The molecule has 0 spiro atoms. The molecule has 11 heavy (non-hydrogen) atoms. The van der Waals surface area contributed by atoms with Gasteiger partial charge in [0.15, 0.2) is 0 Å². The zero-order chi connectivity index (χ0) is 8.91. The molecule has 0 heterocycles. The summed E-state index contributed by atoms with van der Waals surface area (Å²) >= 11 is 0. The molecule has 0 rings (SSSR count). The Hall–Kier alpha value is -0.620. The van der Waals surface area contributed by atoms with Crippen molar-refractivity contribution < 1.29 is 23.0 Å². The Morgan fingerprint density at radius 3 is 2.18 bits per heavy atom. The fourth-order valence-corrected chi connectivity index (χ4v) is 0.750. The summed E-state index contributed by atoms with van der Waals surface area (Å²) in [6.45, 7) is 0. The van der Waals surface area contributed by atoms with Gasteiger partial charge in [-0.15, -0.1) is 0 Å². The quantitative estimate of drug-likeness (QED) is 0.472. The van der Waals surface area contributed by atoms with Gasteiger partial charge in [0.1, 0.15) is 0 Å². The summed E-state index contributed by atoms with van der Waals surface area (Å²) in [5.41, 5.74) is 6.22. The van der Waals surface area contributed by atoms with Crippen molar-refractivity contribution in [2.45, 2.75) is 0 Å². The van der Waals surface area contributed by atoms with Crippen LogP contribution in [-0.2, 0) is 18.2 Å². The second-order valence-corrected chi connectivity index (χ2v) is 3.18. The molecule has 0 saturated carbocycles. The molecular formula is C3H9N2O5P. The van der Waals surface area contributed by atoms with Gasteiger partial charge in [0.2, 0.25) is 0 Å². The van der Waals surface area contributed by atoms with Crippen molar-refractivity contribution in [3.63, 3.8) is 0 Å². The van der Waals surface area contributed by atoms with E-state index in [2.05, 4.69) is 19.4 Å². The Bertz CT molecular complexity index is 175. The Balaban J connectivity index is 3.89. The van der Waals surface area contributed by atoms with E-state index in [-0.39, 0.29) is 0 Å². The number of hydroxylamine groups is 1. The molecule has 0 aromatic rings. The van der Waals surface area contributed by atoms with Crippen LogP contribution in [0, 0.1) is 0 Å². The zero-order valence-corrected chi connectivity index (χ0v) is 6.96. The van der Waals surface area contributed by atoms with Gasteiger partial charge in [-0.3, -0.25) is 9.05 Å². The number of carbonyl (C=O) groups excluding carboxylic acids is 1. The van der Waals surface area contributed by atoms with E-state index in [1.165, 1.54) is 0 Å². The SMILES string of the molecule is COP(=O)(OC)ONC(N)=O. The molecule has 0 unspecified atom stereocenters. The lowest BCUT2D eigenvalue weighted by Gasteiger charge is -2.11. The number of primary amides is 1. The summed E-state index contributed by atoms with van der Waals surface area (Å²) in [7, 11) is -1.44. The van der Waals surface area contributed by atoms with Crippen LogP contribution in [0.25, 0.3) is 0 Å². The summed E-state index contributed by atoms with van der Waals surface area (Å²) in [6, 6.07) is -0.987. The predicted molar refractivity (Wildman–Crippen MR) is 35.4 cm³/mol. The van der Waals surface area contributed by atoms with E-state index in [1.54, 1.807) is 5.48 Å². The Morgan fingerprint density at radius 2 is 1.91 bits per heavy atom. The maximum atomic E-state index is 10.9. The summed E-state index contributed by atoms with van der Waals surface area (Å²) < 4.78 is 23.7. The van der Waals surface area contributed by atoms with Crippen molar-refractivity contribution in [2.24, 2.45) is 5.73 Å². The summed E-state index contributed by atoms with van der Waals surface area (Å²) in [6.07, 6.45) is 0. The van der Waals surface area contributed by atoms with Gasteiger partial charge in [-0.05, 0) is 0 Å². The van der Waals surface area contributed by atoms with Gasteiger partial charge in [-0.25, -0.2) is 14.8 Å². The van der Waals surface area contributed by atoms with E-state index < -0.39 is 13.9 Å².